The van der Waals surface area contributed by atoms with Crippen molar-refractivity contribution >= 4 is 11.6 Å². The highest BCUT2D eigenvalue weighted by molar-refractivity contribution is 6.04. The van der Waals surface area contributed by atoms with Gasteiger partial charge in [-0.05, 0) is 33.3 Å². The molecule has 2 bridgehead atoms. The lowest BCUT2D eigenvalue weighted by Crippen LogP contribution is -2.69. The molecule has 1 fully saturated rings. The van der Waals surface area contributed by atoms with Gasteiger partial charge in [0.05, 0.1) is 5.41 Å². The second-order valence-electron chi connectivity index (χ2n) is 7.02. The first kappa shape index (κ1) is 13.7. The van der Waals surface area contributed by atoms with Gasteiger partial charge in [0.15, 0.2) is 11.6 Å². The molecule has 0 saturated heterocycles. The second-order valence-corrected chi connectivity index (χ2v) is 7.02. The predicted octanol–water partition coefficient (Wildman–Crippen LogP) is 1.02. The van der Waals surface area contributed by atoms with E-state index in [2.05, 4.69) is 0 Å². The van der Waals surface area contributed by atoms with Gasteiger partial charge in [0.2, 0.25) is 0 Å². The van der Waals surface area contributed by atoms with Crippen LogP contribution in [0.4, 0.5) is 0 Å². The summed E-state index contributed by atoms with van der Waals surface area (Å²) in [6.45, 7) is 6.44. The molecule has 6 atom stereocenters. The average Bonchev–Trinajstić information content (AvgIpc) is 2.35. The molecule has 4 aliphatic rings. The van der Waals surface area contributed by atoms with Crippen LogP contribution in [-0.2, 0) is 9.59 Å². The van der Waals surface area contributed by atoms with Gasteiger partial charge in [-0.25, -0.2) is 0 Å². The van der Waals surface area contributed by atoms with E-state index in [1.165, 1.54) is 13.8 Å². The van der Waals surface area contributed by atoms with Crippen LogP contribution in [0.1, 0.15) is 27.7 Å². The van der Waals surface area contributed by atoms with E-state index in [0.717, 1.165) is 0 Å². The van der Waals surface area contributed by atoms with Gasteiger partial charge in [0.1, 0.15) is 11.2 Å². The highest BCUT2D eigenvalue weighted by Crippen LogP contribution is 2.59. The molecular formula is C16H20O4. The summed E-state index contributed by atoms with van der Waals surface area (Å²) in [5.74, 6) is -1.80. The Morgan fingerprint density at radius 1 is 1.05 bits per heavy atom. The quantitative estimate of drug-likeness (QED) is 0.648. The molecule has 2 N–H and O–H groups in total. The van der Waals surface area contributed by atoms with E-state index < -0.39 is 28.5 Å². The summed E-state index contributed by atoms with van der Waals surface area (Å²) in [5.41, 5.74) is -3.46. The fraction of sp³-hybridized carbons (Fsp3) is 0.625. The first-order valence-corrected chi connectivity index (χ1v) is 6.97. The third-order valence-electron chi connectivity index (χ3n) is 5.61. The van der Waals surface area contributed by atoms with Crippen LogP contribution < -0.4 is 0 Å². The monoisotopic (exact) mass is 276 g/mol. The number of carbonyl (C=O) groups is 2. The standard InChI is InChI=1S/C16H20O4/c1-8-7-10-11(16(4,20)12(8)17)9-5-6-14(10,2)13(18)15(9,3)19/h5-7,9-11,19-20H,1-4H3. The maximum absolute atomic E-state index is 12.6. The molecule has 20 heavy (non-hydrogen) atoms. The molecule has 0 spiro atoms. The average molecular weight is 276 g/mol. The number of allylic oxidation sites excluding steroid dienone is 2. The Morgan fingerprint density at radius 2 is 1.65 bits per heavy atom. The number of Topliss-reactive ketones (excluding diaryl/α,β-unsaturated/α-hetero) is 2. The number of aliphatic hydroxyl groups is 2. The normalized spacial score (nSPS) is 53.9. The van der Waals surface area contributed by atoms with Crippen molar-refractivity contribution in [2.45, 2.75) is 38.9 Å². The highest BCUT2D eigenvalue weighted by Gasteiger charge is 2.67. The molecule has 4 nitrogen and oxygen atoms in total. The molecule has 0 heterocycles. The zero-order chi connectivity index (χ0) is 15.1. The van der Waals surface area contributed by atoms with Gasteiger partial charge in [-0.2, -0.15) is 0 Å². The molecule has 4 heteroatoms. The van der Waals surface area contributed by atoms with E-state index in [-0.39, 0.29) is 17.5 Å². The Morgan fingerprint density at radius 3 is 2.25 bits per heavy atom. The molecule has 0 aromatic carbocycles. The second kappa shape index (κ2) is 3.49. The van der Waals surface area contributed by atoms with Crippen molar-refractivity contribution < 1.29 is 19.8 Å². The first-order valence-electron chi connectivity index (χ1n) is 6.97. The minimum Gasteiger partial charge on any atom is -0.382 e. The lowest BCUT2D eigenvalue weighted by molar-refractivity contribution is -0.185. The van der Waals surface area contributed by atoms with Crippen molar-refractivity contribution in [3.8, 4) is 0 Å². The molecular weight excluding hydrogens is 256 g/mol. The van der Waals surface area contributed by atoms with E-state index in [0.29, 0.717) is 5.57 Å². The van der Waals surface area contributed by atoms with Crippen molar-refractivity contribution in [3.63, 3.8) is 0 Å². The Hall–Kier alpha value is -1.26. The van der Waals surface area contributed by atoms with E-state index in [1.54, 1.807) is 26.0 Å². The fourth-order valence-electron chi connectivity index (χ4n) is 4.46. The van der Waals surface area contributed by atoms with Crippen LogP contribution in [0, 0.1) is 23.2 Å². The van der Waals surface area contributed by atoms with Crippen LogP contribution in [0.5, 0.6) is 0 Å². The molecule has 4 aliphatic carbocycles. The summed E-state index contributed by atoms with van der Waals surface area (Å²) in [6, 6.07) is 0. The molecule has 4 rings (SSSR count). The zero-order valence-corrected chi connectivity index (χ0v) is 12.2. The first-order chi connectivity index (χ1) is 9.04. The van der Waals surface area contributed by atoms with Crippen molar-refractivity contribution in [1.82, 2.24) is 0 Å². The highest BCUT2D eigenvalue weighted by atomic mass is 16.3. The topological polar surface area (TPSA) is 74.6 Å². The summed E-state index contributed by atoms with van der Waals surface area (Å²) in [4.78, 5) is 24.9. The maximum atomic E-state index is 12.6. The molecule has 6 unspecified atom stereocenters. The molecule has 108 valence electrons. The molecule has 0 radical (unpaired) electrons. The van der Waals surface area contributed by atoms with Crippen LogP contribution in [0.25, 0.3) is 0 Å². The van der Waals surface area contributed by atoms with Crippen LogP contribution >= 0.6 is 0 Å². The van der Waals surface area contributed by atoms with Crippen molar-refractivity contribution in [2.24, 2.45) is 23.2 Å². The lowest BCUT2D eigenvalue weighted by Gasteiger charge is -2.59. The van der Waals surface area contributed by atoms with Crippen LogP contribution in [0.3, 0.4) is 0 Å². The molecule has 0 aromatic rings. The summed E-state index contributed by atoms with van der Waals surface area (Å²) in [7, 11) is 0. The van der Waals surface area contributed by atoms with Gasteiger partial charge in [0, 0.05) is 17.8 Å². The van der Waals surface area contributed by atoms with Crippen LogP contribution in [-0.4, -0.2) is 33.0 Å². The number of rotatable bonds is 0. The van der Waals surface area contributed by atoms with Gasteiger partial charge >= 0.3 is 0 Å². The zero-order valence-electron chi connectivity index (χ0n) is 12.2. The number of carbonyl (C=O) groups excluding carboxylic acids is 2. The van der Waals surface area contributed by atoms with Crippen molar-refractivity contribution in [3.05, 3.63) is 23.8 Å². The largest absolute Gasteiger partial charge is 0.382 e. The van der Waals surface area contributed by atoms with E-state index >= 15 is 0 Å². The molecule has 1 saturated carbocycles. The van der Waals surface area contributed by atoms with Crippen LogP contribution in [0.2, 0.25) is 0 Å². The third kappa shape index (κ3) is 1.29. The molecule has 0 aromatic heterocycles. The Bertz CT molecular complexity index is 581. The third-order valence-corrected chi connectivity index (χ3v) is 5.61. The van der Waals surface area contributed by atoms with E-state index in [4.69, 9.17) is 0 Å². The summed E-state index contributed by atoms with van der Waals surface area (Å²) < 4.78 is 0. The molecule has 0 amide bonds. The molecule has 0 aliphatic heterocycles. The van der Waals surface area contributed by atoms with Crippen molar-refractivity contribution in [2.75, 3.05) is 0 Å². The van der Waals surface area contributed by atoms with Crippen molar-refractivity contribution in [1.29, 1.82) is 0 Å². The number of hydrogen-bond acceptors (Lipinski definition) is 4. The number of fused-ring (bicyclic) bond motifs is 1. The maximum Gasteiger partial charge on any atom is 0.189 e. The van der Waals surface area contributed by atoms with Gasteiger partial charge in [-0.1, -0.05) is 18.2 Å². The minimum atomic E-state index is -1.55. The Balaban J connectivity index is 2.27. The van der Waals surface area contributed by atoms with Gasteiger partial charge in [-0.15, -0.1) is 0 Å². The van der Waals surface area contributed by atoms with E-state index in [9.17, 15) is 19.8 Å². The summed E-state index contributed by atoms with van der Waals surface area (Å²) in [5, 5.41) is 21.3. The lowest BCUT2D eigenvalue weighted by atomic mass is 9.44. The summed E-state index contributed by atoms with van der Waals surface area (Å²) >= 11 is 0. The van der Waals surface area contributed by atoms with Gasteiger partial charge in [-0.3, -0.25) is 9.59 Å². The number of ketones is 2. The van der Waals surface area contributed by atoms with Crippen LogP contribution in [0.15, 0.2) is 23.8 Å². The Kier molecular flexibility index (Phi) is 2.39. The SMILES string of the molecule is CC1=CC2C(C3C=CC2(C)C(=O)C3(C)O)C(C)(O)C1=O. The predicted molar refractivity (Wildman–Crippen MR) is 72.7 cm³/mol. The number of hydrogen-bond donors (Lipinski definition) is 2. The summed E-state index contributed by atoms with van der Waals surface area (Å²) in [6.07, 6.45) is 5.42. The Labute approximate surface area is 118 Å². The smallest absolute Gasteiger partial charge is 0.189 e. The van der Waals surface area contributed by atoms with Gasteiger partial charge in [0.25, 0.3) is 0 Å². The fourth-order valence-corrected chi connectivity index (χ4v) is 4.46. The van der Waals surface area contributed by atoms with E-state index in [1.807, 2.05) is 6.08 Å². The van der Waals surface area contributed by atoms with Gasteiger partial charge < -0.3 is 10.2 Å². The minimum absolute atomic E-state index is 0.229.